The summed E-state index contributed by atoms with van der Waals surface area (Å²) in [5, 5.41) is 2.60. The molecule has 0 N–H and O–H groups in total. The minimum atomic E-state index is 0.427. The van der Waals surface area contributed by atoms with Gasteiger partial charge in [0.15, 0.2) is 4.80 Å². The van der Waals surface area contributed by atoms with Crippen LogP contribution >= 0.6 is 62.4 Å². The van der Waals surface area contributed by atoms with Crippen LogP contribution in [0.2, 0.25) is 5.02 Å². The quantitative estimate of drug-likeness (QED) is 0.527. The highest BCUT2D eigenvalue weighted by molar-refractivity contribution is 9.11. The van der Waals surface area contributed by atoms with E-state index in [2.05, 4.69) is 25.9 Å². The third-order valence-corrected chi connectivity index (χ3v) is 5.78. The van der Waals surface area contributed by atoms with Crippen molar-refractivity contribution in [3.63, 3.8) is 0 Å². The third-order valence-electron chi connectivity index (χ3n) is 3.10. The first kappa shape index (κ1) is 17.8. The maximum Gasteiger partial charge on any atom is 0.192 e. The van der Waals surface area contributed by atoms with Gasteiger partial charge in [-0.1, -0.05) is 35.2 Å². The highest BCUT2D eigenvalue weighted by atomic mass is 79.9. The second-order valence-electron chi connectivity index (χ2n) is 4.69. The largest absolute Gasteiger partial charge is 0.496 e. The zero-order chi connectivity index (χ0) is 17.1. The number of benzene rings is 1. The predicted molar refractivity (Wildman–Crippen MR) is 106 cm³/mol. The first-order valence-electron chi connectivity index (χ1n) is 6.72. The fraction of sp³-hybridized carbons (Fsp3) is 0.133. The third kappa shape index (κ3) is 4.12. The van der Waals surface area contributed by atoms with Crippen LogP contribution in [0.1, 0.15) is 11.3 Å². The van der Waals surface area contributed by atoms with Gasteiger partial charge in [0, 0.05) is 16.6 Å². The number of hydrogen-bond acceptors (Lipinski definition) is 5. The van der Waals surface area contributed by atoms with Crippen LogP contribution in [0.25, 0.3) is 0 Å². The lowest BCUT2D eigenvalue weighted by molar-refractivity contribution is 0.414. The molecule has 0 radical (unpaired) electrons. The Kier molecular flexibility index (Phi) is 5.83. The minimum Gasteiger partial charge on any atom is -0.496 e. The number of rotatable bonds is 4. The van der Waals surface area contributed by atoms with Crippen LogP contribution in [0.15, 0.2) is 44.1 Å². The first-order valence-corrected chi connectivity index (χ1v) is 10.1. The summed E-state index contributed by atoms with van der Waals surface area (Å²) in [6, 6.07) is 5.31. The zero-order valence-corrected chi connectivity index (χ0v) is 17.2. The van der Waals surface area contributed by atoms with Crippen molar-refractivity contribution < 1.29 is 4.74 Å². The molecule has 0 aliphatic carbocycles. The van der Waals surface area contributed by atoms with Crippen molar-refractivity contribution in [2.75, 3.05) is 7.11 Å². The molecule has 3 aromatic rings. The molecule has 1 aromatic carbocycles. The average Bonchev–Trinajstić information content (AvgIpc) is 3.18. The highest BCUT2D eigenvalue weighted by Gasteiger charge is 2.10. The summed E-state index contributed by atoms with van der Waals surface area (Å²) in [5.74, 6) is 0.648. The topological polar surface area (TPSA) is 39.4 Å². The Labute approximate surface area is 165 Å². The maximum absolute atomic E-state index is 6.08. The summed E-state index contributed by atoms with van der Waals surface area (Å²) in [4.78, 5) is 10.1. The molecule has 0 saturated heterocycles. The number of thiazole rings is 2. The Hall–Kier alpha value is -1.06. The van der Waals surface area contributed by atoms with Crippen molar-refractivity contribution in [2.45, 2.75) is 6.54 Å². The van der Waals surface area contributed by atoms with Gasteiger partial charge in [-0.05, 0) is 34.1 Å². The molecule has 24 heavy (non-hydrogen) atoms. The number of aromatic nitrogens is 2. The number of halogens is 2. The summed E-state index contributed by atoms with van der Waals surface area (Å²) < 4.78 is 8.33. The lowest BCUT2D eigenvalue weighted by atomic mass is 10.2. The molecule has 0 saturated carbocycles. The van der Waals surface area contributed by atoms with E-state index >= 15 is 0 Å². The summed E-state index contributed by atoms with van der Waals surface area (Å²) >= 11 is 18.1. The molecule has 0 aliphatic heterocycles. The summed E-state index contributed by atoms with van der Waals surface area (Å²) in [7, 11) is 1.60. The van der Waals surface area contributed by atoms with Crippen LogP contribution < -0.4 is 9.54 Å². The van der Waals surface area contributed by atoms with E-state index in [1.165, 1.54) is 11.3 Å². The van der Waals surface area contributed by atoms with E-state index in [9.17, 15) is 0 Å². The van der Waals surface area contributed by atoms with Gasteiger partial charge in [-0.3, -0.25) is 0 Å². The Bertz CT molecular complexity index is 934. The summed E-state index contributed by atoms with van der Waals surface area (Å²) in [6.45, 7) is 0.639. The molecule has 0 amide bonds. The molecule has 0 fully saturated rings. The number of methoxy groups -OCH3 is 1. The van der Waals surface area contributed by atoms with Crippen molar-refractivity contribution in [1.29, 1.82) is 0 Å². The molecule has 0 unspecified atom stereocenters. The van der Waals surface area contributed by atoms with E-state index in [0.717, 1.165) is 14.3 Å². The monoisotopic (exact) mass is 459 g/mol. The highest BCUT2D eigenvalue weighted by Crippen LogP contribution is 2.24. The number of ether oxygens (including phenoxy) is 1. The summed E-state index contributed by atoms with van der Waals surface area (Å²) in [6.07, 6.45) is 1.97. The van der Waals surface area contributed by atoms with Gasteiger partial charge in [-0.2, -0.15) is 0 Å². The summed E-state index contributed by atoms with van der Waals surface area (Å²) in [5.41, 5.74) is 3.50. The van der Waals surface area contributed by atoms with Crippen LogP contribution in [0.5, 0.6) is 5.75 Å². The second-order valence-corrected chi connectivity index (χ2v) is 8.62. The molecule has 4 nitrogen and oxygen atoms in total. The Balaban J connectivity index is 1.99. The van der Waals surface area contributed by atoms with E-state index in [1.54, 1.807) is 36.6 Å². The molecule has 2 aromatic heterocycles. The molecule has 0 atom stereocenters. The standard InChI is InChI=1S/C15H11BrClN3OS3/c1-21-12-3-2-9(17)4-11(12)14(22)19-15-20(6-13(16)24-15)5-10-7-23-8-18-10/h2-4,6-8H,5H2,1H3/b19-15-. The molecule has 0 bridgehead atoms. The van der Waals surface area contributed by atoms with Crippen LogP contribution in [0, 0.1) is 0 Å². The van der Waals surface area contributed by atoms with E-state index in [-0.39, 0.29) is 0 Å². The molecule has 0 spiro atoms. The Morgan fingerprint density at radius 2 is 2.33 bits per heavy atom. The van der Waals surface area contributed by atoms with Crippen LogP contribution in [0.4, 0.5) is 0 Å². The minimum absolute atomic E-state index is 0.427. The first-order chi connectivity index (χ1) is 11.6. The lowest BCUT2D eigenvalue weighted by Crippen LogP contribution is -2.17. The number of hydrogen-bond donors (Lipinski definition) is 0. The van der Waals surface area contributed by atoms with Crippen molar-refractivity contribution in [3.05, 3.63) is 60.2 Å². The van der Waals surface area contributed by atoms with Crippen LogP contribution in [-0.4, -0.2) is 21.6 Å². The molecule has 3 rings (SSSR count). The smallest absolute Gasteiger partial charge is 0.192 e. The van der Waals surface area contributed by atoms with Crippen molar-refractivity contribution >= 4 is 67.4 Å². The molecular weight excluding hydrogens is 450 g/mol. The SMILES string of the molecule is COc1ccc(Cl)cc1C(=S)/N=c1\sc(Br)cn1Cc1cscn1. The molecule has 9 heteroatoms. The molecule has 124 valence electrons. The fourth-order valence-electron chi connectivity index (χ4n) is 2.03. The van der Waals surface area contributed by atoms with Crippen LogP contribution in [0.3, 0.4) is 0 Å². The van der Waals surface area contributed by atoms with Gasteiger partial charge in [0.25, 0.3) is 0 Å². The normalized spacial score (nSPS) is 11.7. The van der Waals surface area contributed by atoms with Gasteiger partial charge in [-0.15, -0.1) is 11.3 Å². The van der Waals surface area contributed by atoms with E-state index in [1.807, 2.05) is 21.7 Å². The van der Waals surface area contributed by atoms with Gasteiger partial charge >= 0.3 is 0 Å². The Morgan fingerprint density at radius 1 is 1.50 bits per heavy atom. The van der Waals surface area contributed by atoms with E-state index in [4.69, 9.17) is 28.6 Å². The maximum atomic E-state index is 6.08. The number of nitrogens with zero attached hydrogens (tertiary/aromatic N) is 3. The van der Waals surface area contributed by atoms with Gasteiger partial charge in [0.05, 0.1) is 34.2 Å². The van der Waals surface area contributed by atoms with Crippen molar-refractivity contribution in [3.8, 4) is 5.75 Å². The fourth-order valence-corrected chi connectivity index (χ4v) is 4.47. The van der Waals surface area contributed by atoms with E-state index < -0.39 is 0 Å². The van der Waals surface area contributed by atoms with Gasteiger partial charge in [0.1, 0.15) is 10.7 Å². The molecule has 0 aliphatic rings. The second kappa shape index (κ2) is 7.88. The van der Waals surface area contributed by atoms with Gasteiger partial charge in [0.2, 0.25) is 0 Å². The predicted octanol–water partition coefficient (Wildman–Crippen LogP) is 4.76. The number of thiocarbonyl (C=S) groups is 1. The molecule has 2 heterocycles. The average molecular weight is 461 g/mol. The molecular formula is C15H11BrClN3OS3. The van der Waals surface area contributed by atoms with Crippen molar-refractivity contribution in [2.24, 2.45) is 4.99 Å². The van der Waals surface area contributed by atoms with Gasteiger partial charge < -0.3 is 9.30 Å². The Morgan fingerprint density at radius 3 is 3.04 bits per heavy atom. The lowest BCUT2D eigenvalue weighted by Gasteiger charge is -2.07. The zero-order valence-electron chi connectivity index (χ0n) is 12.4. The van der Waals surface area contributed by atoms with E-state index in [0.29, 0.717) is 27.9 Å². The van der Waals surface area contributed by atoms with Crippen LogP contribution in [-0.2, 0) is 6.54 Å². The van der Waals surface area contributed by atoms with Gasteiger partial charge in [-0.25, -0.2) is 9.98 Å². The van der Waals surface area contributed by atoms with Crippen molar-refractivity contribution in [1.82, 2.24) is 9.55 Å².